The molecule has 0 aliphatic heterocycles. The summed E-state index contributed by atoms with van der Waals surface area (Å²) < 4.78 is 0. The van der Waals surface area contributed by atoms with Crippen LogP contribution in [0.3, 0.4) is 0 Å². The third-order valence-corrected chi connectivity index (χ3v) is 15.5. The van der Waals surface area contributed by atoms with Gasteiger partial charge in [-0.25, -0.2) is 0 Å². The molecule has 0 spiro atoms. The van der Waals surface area contributed by atoms with Crippen molar-refractivity contribution in [2.24, 2.45) is 0 Å². The molecule has 76 heavy (non-hydrogen) atoms. The smallest absolute Gasteiger partial charge is 0.0559 e. The van der Waals surface area contributed by atoms with Gasteiger partial charge in [-0.05, 0) is 184 Å². The number of hydrogen-bond donors (Lipinski definition) is 0. The molecule has 0 saturated carbocycles. The fraction of sp³-hybridized carbons (Fsp3) is 0.0270. The van der Waals surface area contributed by atoms with Crippen molar-refractivity contribution in [1.29, 1.82) is 0 Å². The molecule has 0 saturated heterocycles. The Hall–Kier alpha value is -9.76. The van der Waals surface area contributed by atoms with E-state index in [-0.39, 0.29) is 6.04 Å². The first-order valence-electron chi connectivity index (χ1n) is 26.4. The van der Waals surface area contributed by atoms with Gasteiger partial charge in [0.15, 0.2) is 0 Å². The van der Waals surface area contributed by atoms with Gasteiger partial charge in [0.2, 0.25) is 0 Å². The van der Waals surface area contributed by atoms with Crippen molar-refractivity contribution in [3.8, 4) is 44.5 Å². The summed E-state index contributed by atoms with van der Waals surface area (Å²) in [5.74, 6) is 0. The fourth-order valence-corrected chi connectivity index (χ4v) is 12.0. The second-order valence-electron chi connectivity index (χ2n) is 19.9. The molecule has 0 heterocycles. The number of allylic oxidation sites excluding steroid dienone is 2. The van der Waals surface area contributed by atoms with E-state index in [0.717, 1.165) is 34.7 Å². The van der Waals surface area contributed by atoms with Crippen LogP contribution in [-0.4, -0.2) is 6.04 Å². The summed E-state index contributed by atoms with van der Waals surface area (Å²) >= 11 is 0. The van der Waals surface area contributed by atoms with Crippen LogP contribution in [0, 0.1) is 0 Å². The zero-order chi connectivity index (χ0) is 50.4. The molecule has 1 unspecified atom stereocenters. The van der Waals surface area contributed by atoms with Crippen LogP contribution in [0.2, 0.25) is 0 Å². The summed E-state index contributed by atoms with van der Waals surface area (Å²) in [5, 5.41) is 12.4. The van der Waals surface area contributed by atoms with Gasteiger partial charge in [0.05, 0.1) is 6.04 Å². The van der Waals surface area contributed by atoms with Crippen LogP contribution in [0.1, 0.15) is 6.42 Å². The first-order valence-corrected chi connectivity index (χ1v) is 26.4. The van der Waals surface area contributed by atoms with Gasteiger partial charge in [0, 0.05) is 28.4 Å². The Labute approximate surface area is 444 Å². The Bertz CT molecular complexity index is 4290. The number of nitrogens with zero attached hydrogens (tertiary/aromatic N) is 2. The van der Waals surface area contributed by atoms with E-state index in [0.29, 0.717) is 0 Å². The minimum atomic E-state index is 0.199. The Kier molecular flexibility index (Phi) is 11.4. The maximum atomic E-state index is 2.48. The molecule has 2 heteroatoms. The van der Waals surface area contributed by atoms with E-state index >= 15 is 0 Å². The number of para-hydroxylation sites is 3. The van der Waals surface area contributed by atoms with E-state index in [4.69, 9.17) is 0 Å². The summed E-state index contributed by atoms with van der Waals surface area (Å²) in [6, 6.07) is 101. The monoisotopic (exact) mass is 968 g/mol. The quantitative estimate of drug-likeness (QED) is 0.126. The molecule has 0 fully saturated rings. The number of fused-ring (bicyclic) bond motifs is 9. The van der Waals surface area contributed by atoms with Gasteiger partial charge in [0.1, 0.15) is 0 Å². The standard InChI is InChI=1S/C74H52N2/c1-6-22-51(23-7-1)69-50-70(52-38-43-60(44-39-52)75(56-25-8-2-9-26-56)57-27-10-3-11-28-57)73-67-47-42-55(68-48-54-24-16-17-33-62(54)63-34-18-19-35-64(63)68)49-71(67)65-36-20-21-37-66(65)74(73)72(69)53-40-45-61(46-41-53)76(58-29-12-4-13-30-58)59-31-14-5-15-32-59/h1-31,33-50,59H,32H2. The van der Waals surface area contributed by atoms with Crippen molar-refractivity contribution < 1.29 is 0 Å². The lowest BCUT2D eigenvalue weighted by atomic mass is 9.81. The molecule has 14 rings (SSSR count). The number of hydrogen-bond acceptors (Lipinski definition) is 2. The van der Waals surface area contributed by atoms with Crippen LogP contribution < -0.4 is 9.80 Å². The molecule has 0 aromatic heterocycles. The second kappa shape index (κ2) is 19.3. The molecular weight excluding hydrogens is 917 g/mol. The predicted molar refractivity (Wildman–Crippen MR) is 326 cm³/mol. The van der Waals surface area contributed by atoms with Crippen LogP contribution in [0.25, 0.3) is 98.4 Å². The minimum Gasteiger partial charge on any atom is -0.334 e. The van der Waals surface area contributed by atoms with Gasteiger partial charge in [-0.3, -0.25) is 0 Å². The normalized spacial score (nSPS) is 13.2. The van der Waals surface area contributed by atoms with Crippen molar-refractivity contribution >= 4 is 82.3 Å². The van der Waals surface area contributed by atoms with Gasteiger partial charge in [-0.2, -0.15) is 0 Å². The highest BCUT2D eigenvalue weighted by Gasteiger charge is 2.25. The van der Waals surface area contributed by atoms with Gasteiger partial charge in [0.25, 0.3) is 0 Å². The Morgan fingerprint density at radius 3 is 1.43 bits per heavy atom. The number of anilines is 5. The highest BCUT2D eigenvalue weighted by Crippen LogP contribution is 2.51. The first-order chi connectivity index (χ1) is 37.7. The molecule has 13 aromatic rings. The van der Waals surface area contributed by atoms with Crippen molar-refractivity contribution in [3.63, 3.8) is 0 Å². The van der Waals surface area contributed by atoms with Crippen molar-refractivity contribution in [3.05, 3.63) is 297 Å². The largest absolute Gasteiger partial charge is 0.334 e. The summed E-state index contributed by atoms with van der Waals surface area (Å²) in [4.78, 5) is 4.81. The molecule has 0 bridgehead atoms. The molecular formula is C74H52N2. The third kappa shape index (κ3) is 7.91. The van der Waals surface area contributed by atoms with E-state index in [2.05, 4.69) is 307 Å². The SMILES string of the molecule is C1=CCC(N(c2ccccc2)c2ccc(-c3c(-c4ccccc4)cc(-c4ccc(N(c5ccccc5)c5ccccc5)cc4)c4c5ccc(-c6cc7ccccc7c7ccccc67)cc5c5ccccc5c34)cc2)C=C1. The average Bonchev–Trinajstić information content (AvgIpc) is 3.64. The predicted octanol–water partition coefficient (Wildman–Crippen LogP) is 20.6. The van der Waals surface area contributed by atoms with Crippen LogP contribution >= 0.6 is 0 Å². The molecule has 0 amide bonds. The average molecular weight is 969 g/mol. The fourth-order valence-electron chi connectivity index (χ4n) is 12.0. The van der Waals surface area contributed by atoms with Crippen LogP contribution in [0.15, 0.2) is 297 Å². The van der Waals surface area contributed by atoms with E-state index in [9.17, 15) is 0 Å². The molecule has 1 aliphatic rings. The van der Waals surface area contributed by atoms with Crippen LogP contribution in [-0.2, 0) is 0 Å². The van der Waals surface area contributed by atoms with Crippen molar-refractivity contribution in [2.75, 3.05) is 9.80 Å². The minimum absolute atomic E-state index is 0.199. The highest BCUT2D eigenvalue weighted by molar-refractivity contribution is 6.33. The summed E-state index contributed by atoms with van der Waals surface area (Å²) in [6.07, 6.45) is 9.86. The second-order valence-corrected chi connectivity index (χ2v) is 19.9. The molecule has 358 valence electrons. The van der Waals surface area contributed by atoms with Gasteiger partial charge >= 0.3 is 0 Å². The summed E-state index contributed by atoms with van der Waals surface area (Å²) in [5.41, 5.74) is 15.2. The third-order valence-electron chi connectivity index (χ3n) is 15.5. The first kappa shape index (κ1) is 44.9. The summed E-state index contributed by atoms with van der Waals surface area (Å²) in [7, 11) is 0. The van der Waals surface area contributed by atoms with E-state index in [1.807, 2.05) is 0 Å². The van der Waals surface area contributed by atoms with Gasteiger partial charge in [-0.15, -0.1) is 0 Å². The molecule has 13 aromatic carbocycles. The molecule has 1 atom stereocenters. The van der Waals surface area contributed by atoms with E-state index in [1.165, 1.54) is 98.5 Å². The maximum absolute atomic E-state index is 2.48. The van der Waals surface area contributed by atoms with E-state index < -0.39 is 0 Å². The van der Waals surface area contributed by atoms with Crippen molar-refractivity contribution in [2.45, 2.75) is 12.5 Å². The van der Waals surface area contributed by atoms with Gasteiger partial charge < -0.3 is 9.80 Å². The molecule has 0 radical (unpaired) electrons. The topological polar surface area (TPSA) is 6.48 Å². The lowest BCUT2D eigenvalue weighted by Gasteiger charge is -2.32. The number of rotatable bonds is 10. The Balaban J connectivity index is 1.04. The van der Waals surface area contributed by atoms with Gasteiger partial charge in [-0.1, -0.05) is 218 Å². The van der Waals surface area contributed by atoms with E-state index in [1.54, 1.807) is 0 Å². The number of benzene rings is 13. The van der Waals surface area contributed by atoms with Crippen molar-refractivity contribution in [1.82, 2.24) is 0 Å². The Morgan fingerprint density at radius 2 is 0.776 bits per heavy atom. The zero-order valence-corrected chi connectivity index (χ0v) is 42.0. The maximum Gasteiger partial charge on any atom is 0.0559 e. The highest BCUT2D eigenvalue weighted by atomic mass is 15.2. The lowest BCUT2D eigenvalue weighted by Crippen LogP contribution is -2.29. The molecule has 2 nitrogen and oxygen atoms in total. The molecule has 1 aliphatic carbocycles. The summed E-state index contributed by atoms with van der Waals surface area (Å²) in [6.45, 7) is 0. The zero-order valence-electron chi connectivity index (χ0n) is 42.0. The van der Waals surface area contributed by atoms with Crippen LogP contribution in [0.5, 0.6) is 0 Å². The Morgan fingerprint density at radius 1 is 0.289 bits per heavy atom. The van der Waals surface area contributed by atoms with Crippen LogP contribution in [0.4, 0.5) is 28.4 Å². The molecule has 0 N–H and O–H groups in total. The lowest BCUT2D eigenvalue weighted by molar-refractivity contribution is 0.785.